The number of para-hydroxylation sites is 1. The van der Waals surface area contributed by atoms with Crippen LogP contribution < -0.4 is 4.74 Å². The van der Waals surface area contributed by atoms with Crippen LogP contribution >= 0.6 is 11.3 Å². The summed E-state index contributed by atoms with van der Waals surface area (Å²) in [6, 6.07) is 12.3. The van der Waals surface area contributed by atoms with E-state index in [-0.39, 0.29) is 12.0 Å². The number of piperidine rings is 1. The summed E-state index contributed by atoms with van der Waals surface area (Å²) in [4.78, 5) is 19.5. The first-order chi connectivity index (χ1) is 13.0. The highest BCUT2D eigenvalue weighted by Crippen LogP contribution is 2.31. The lowest BCUT2D eigenvalue weighted by Gasteiger charge is -2.32. The molecule has 3 aromatic rings. The van der Waals surface area contributed by atoms with Gasteiger partial charge in [0.15, 0.2) is 0 Å². The largest absolute Gasteiger partial charge is 0.467 e. The summed E-state index contributed by atoms with van der Waals surface area (Å²) >= 11 is 1.60. The van der Waals surface area contributed by atoms with E-state index in [9.17, 15) is 4.79 Å². The molecule has 0 N–H and O–H groups in total. The zero-order valence-electron chi connectivity index (χ0n) is 16.0. The van der Waals surface area contributed by atoms with E-state index in [4.69, 9.17) is 4.74 Å². The van der Waals surface area contributed by atoms with Crippen LogP contribution in [0.2, 0.25) is 0 Å². The maximum absolute atomic E-state index is 12.9. The van der Waals surface area contributed by atoms with Gasteiger partial charge < -0.3 is 9.64 Å². The molecule has 140 valence electrons. The van der Waals surface area contributed by atoms with Crippen molar-refractivity contribution in [3.05, 3.63) is 58.7 Å². The average molecular weight is 381 g/mol. The van der Waals surface area contributed by atoms with E-state index >= 15 is 0 Å². The Morgan fingerprint density at radius 3 is 2.63 bits per heavy atom. The number of carbonyl (C=O) groups is 1. The zero-order chi connectivity index (χ0) is 19.0. The van der Waals surface area contributed by atoms with Gasteiger partial charge in [-0.2, -0.15) is 0 Å². The first-order valence-corrected chi connectivity index (χ1v) is 10.2. The Hall–Kier alpha value is -2.40. The van der Waals surface area contributed by atoms with Crippen molar-refractivity contribution in [2.75, 3.05) is 13.1 Å². The van der Waals surface area contributed by atoms with Crippen LogP contribution in [0.5, 0.6) is 5.19 Å². The molecule has 0 spiro atoms. The second-order valence-corrected chi connectivity index (χ2v) is 8.32. The van der Waals surface area contributed by atoms with Gasteiger partial charge in [-0.15, -0.1) is 0 Å². The third-order valence-corrected chi connectivity index (χ3v) is 6.13. The summed E-state index contributed by atoms with van der Waals surface area (Å²) in [5.41, 5.74) is 5.17. The molecular formula is C22H24N2O2S. The number of thiazole rings is 1. The minimum Gasteiger partial charge on any atom is -0.467 e. The summed E-state index contributed by atoms with van der Waals surface area (Å²) in [7, 11) is 0. The monoisotopic (exact) mass is 380 g/mol. The second-order valence-electron chi connectivity index (χ2n) is 7.33. The molecule has 0 unspecified atom stereocenters. The van der Waals surface area contributed by atoms with Gasteiger partial charge in [0.1, 0.15) is 6.10 Å². The van der Waals surface area contributed by atoms with E-state index in [0.29, 0.717) is 0 Å². The number of hydrogen-bond donors (Lipinski definition) is 0. The molecule has 5 heteroatoms. The van der Waals surface area contributed by atoms with Crippen LogP contribution in [0.15, 0.2) is 36.4 Å². The quantitative estimate of drug-likeness (QED) is 0.649. The van der Waals surface area contributed by atoms with Crippen molar-refractivity contribution in [3.63, 3.8) is 0 Å². The minimum absolute atomic E-state index is 0.119. The van der Waals surface area contributed by atoms with Crippen molar-refractivity contribution in [2.24, 2.45) is 0 Å². The van der Waals surface area contributed by atoms with E-state index in [1.807, 2.05) is 36.9 Å². The van der Waals surface area contributed by atoms with Crippen LogP contribution in [0.1, 0.15) is 39.9 Å². The topological polar surface area (TPSA) is 42.4 Å². The summed E-state index contributed by atoms with van der Waals surface area (Å²) in [6.07, 6.45) is 1.80. The third-order valence-electron chi connectivity index (χ3n) is 5.22. The Morgan fingerprint density at radius 1 is 1.11 bits per heavy atom. The van der Waals surface area contributed by atoms with E-state index in [1.54, 1.807) is 11.3 Å². The molecule has 1 fully saturated rings. The van der Waals surface area contributed by atoms with E-state index in [2.05, 4.69) is 30.1 Å². The zero-order valence-corrected chi connectivity index (χ0v) is 16.8. The Labute approximate surface area is 163 Å². The molecule has 2 aromatic carbocycles. The fourth-order valence-corrected chi connectivity index (χ4v) is 4.53. The molecule has 0 saturated carbocycles. The predicted molar refractivity (Wildman–Crippen MR) is 110 cm³/mol. The standard InChI is InChI=1S/C22H24N2O2S/c1-14-7-8-15(2)18(13-14)21(25)24-11-9-17(10-12-24)26-22-23-20-16(3)5-4-6-19(20)27-22/h4-8,13,17H,9-12H2,1-3H3. The van der Waals surface area contributed by atoms with Crippen LogP contribution in [-0.2, 0) is 0 Å². The number of aromatic nitrogens is 1. The Kier molecular flexibility index (Phi) is 4.87. The van der Waals surface area contributed by atoms with Crippen LogP contribution in [0.3, 0.4) is 0 Å². The number of rotatable bonds is 3. The smallest absolute Gasteiger partial charge is 0.274 e. The number of benzene rings is 2. The third kappa shape index (κ3) is 3.69. The van der Waals surface area contributed by atoms with Crippen molar-refractivity contribution in [1.82, 2.24) is 9.88 Å². The van der Waals surface area contributed by atoms with Gasteiger partial charge in [0.2, 0.25) is 0 Å². The molecule has 0 aliphatic carbocycles. The Bertz CT molecular complexity index is 987. The maximum Gasteiger partial charge on any atom is 0.274 e. The summed E-state index contributed by atoms with van der Waals surface area (Å²) < 4.78 is 7.30. The van der Waals surface area contributed by atoms with Gasteiger partial charge in [0.05, 0.1) is 10.2 Å². The predicted octanol–water partition coefficient (Wildman–Crippen LogP) is 4.91. The van der Waals surface area contributed by atoms with Crippen molar-refractivity contribution >= 4 is 27.5 Å². The van der Waals surface area contributed by atoms with Gasteiger partial charge in [-0.1, -0.05) is 41.2 Å². The highest BCUT2D eigenvalue weighted by atomic mass is 32.1. The molecule has 1 saturated heterocycles. The minimum atomic E-state index is 0.119. The first kappa shape index (κ1) is 18.0. The lowest BCUT2D eigenvalue weighted by molar-refractivity contribution is 0.0595. The number of aryl methyl sites for hydroxylation is 3. The van der Waals surface area contributed by atoms with Crippen molar-refractivity contribution in [2.45, 2.75) is 39.7 Å². The van der Waals surface area contributed by atoms with E-state index in [0.717, 1.165) is 58.0 Å². The fraction of sp³-hybridized carbons (Fsp3) is 0.364. The van der Waals surface area contributed by atoms with Crippen molar-refractivity contribution in [1.29, 1.82) is 0 Å². The molecule has 1 aliphatic heterocycles. The normalized spacial score (nSPS) is 15.3. The van der Waals surface area contributed by atoms with Crippen molar-refractivity contribution < 1.29 is 9.53 Å². The second kappa shape index (κ2) is 7.31. The van der Waals surface area contributed by atoms with Crippen LogP contribution in [0.4, 0.5) is 0 Å². The lowest BCUT2D eigenvalue weighted by Crippen LogP contribution is -2.42. The van der Waals surface area contributed by atoms with E-state index in [1.165, 1.54) is 5.56 Å². The summed E-state index contributed by atoms with van der Waals surface area (Å²) in [6.45, 7) is 7.54. The first-order valence-electron chi connectivity index (χ1n) is 9.40. The van der Waals surface area contributed by atoms with Crippen LogP contribution in [0, 0.1) is 20.8 Å². The summed E-state index contributed by atoms with van der Waals surface area (Å²) in [5.74, 6) is 0.130. The van der Waals surface area contributed by atoms with Gasteiger partial charge in [0, 0.05) is 31.5 Å². The molecule has 1 aliphatic rings. The molecule has 1 amide bonds. The number of likely N-dealkylation sites (tertiary alicyclic amines) is 1. The number of nitrogens with zero attached hydrogens (tertiary/aromatic N) is 2. The molecule has 4 nitrogen and oxygen atoms in total. The number of amides is 1. The molecule has 1 aromatic heterocycles. The van der Waals surface area contributed by atoms with Crippen LogP contribution in [0.25, 0.3) is 10.2 Å². The van der Waals surface area contributed by atoms with Crippen LogP contribution in [-0.4, -0.2) is 35.0 Å². The molecule has 27 heavy (non-hydrogen) atoms. The van der Waals surface area contributed by atoms with Gasteiger partial charge in [-0.25, -0.2) is 4.98 Å². The van der Waals surface area contributed by atoms with Gasteiger partial charge in [-0.3, -0.25) is 4.79 Å². The maximum atomic E-state index is 12.9. The SMILES string of the molecule is Cc1ccc(C)c(C(=O)N2CCC(Oc3nc4c(C)cccc4s3)CC2)c1. The lowest BCUT2D eigenvalue weighted by atomic mass is 10.0. The van der Waals surface area contributed by atoms with Crippen molar-refractivity contribution in [3.8, 4) is 5.19 Å². The molecule has 0 atom stereocenters. The summed E-state index contributed by atoms with van der Waals surface area (Å²) in [5, 5.41) is 0.735. The highest BCUT2D eigenvalue weighted by molar-refractivity contribution is 7.20. The Balaban J connectivity index is 1.40. The van der Waals surface area contributed by atoms with Gasteiger partial charge in [0.25, 0.3) is 11.1 Å². The number of fused-ring (bicyclic) bond motifs is 1. The molecular weight excluding hydrogens is 356 g/mol. The molecule has 0 radical (unpaired) electrons. The van der Waals surface area contributed by atoms with Gasteiger partial charge in [-0.05, 0) is 44.0 Å². The number of carbonyl (C=O) groups excluding carboxylic acids is 1. The number of hydrogen-bond acceptors (Lipinski definition) is 4. The molecule has 0 bridgehead atoms. The van der Waals surface area contributed by atoms with Gasteiger partial charge >= 0.3 is 0 Å². The Morgan fingerprint density at radius 2 is 1.89 bits per heavy atom. The van der Waals surface area contributed by atoms with E-state index < -0.39 is 0 Å². The molecule has 2 heterocycles. The molecule has 4 rings (SSSR count). The highest BCUT2D eigenvalue weighted by Gasteiger charge is 2.26. The number of ether oxygens (including phenoxy) is 1. The fourth-order valence-electron chi connectivity index (χ4n) is 3.57. The average Bonchev–Trinajstić information content (AvgIpc) is 3.08.